The van der Waals surface area contributed by atoms with Crippen LogP contribution in [0.25, 0.3) is 11.0 Å². The zero-order chi connectivity index (χ0) is 31.7. The van der Waals surface area contributed by atoms with Gasteiger partial charge >= 0.3 is 5.97 Å². The van der Waals surface area contributed by atoms with Gasteiger partial charge in [0.15, 0.2) is 5.65 Å². The summed E-state index contributed by atoms with van der Waals surface area (Å²) >= 11 is 0. The summed E-state index contributed by atoms with van der Waals surface area (Å²) in [5.74, 6) is -0.529. The summed E-state index contributed by atoms with van der Waals surface area (Å²) in [6, 6.07) is 14.8. The van der Waals surface area contributed by atoms with Crippen LogP contribution in [0, 0.1) is 19.8 Å². The molecule has 0 spiro atoms. The number of aromatic nitrogens is 2. The molecule has 1 N–H and O–H groups in total. The van der Waals surface area contributed by atoms with Crippen LogP contribution < -0.4 is 5.32 Å². The van der Waals surface area contributed by atoms with E-state index in [2.05, 4.69) is 10.3 Å². The maximum Gasteiger partial charge on any atom is 0.341 e. The van der Waals surface area contributed by atoms with Crippen molar-refractivity contribution in [3.63, 3.8) is 0 Å². The van der Waals surface area contributed by atoms with Crippen molar-refractivity contribution in [2.75, 3.05) is 18.5 Å². The Morgan fingerprint density at radius 2 is 1.55 bits per heavy atom. The van der Waals surface area contributed by atoms with Gasteiger partial charge in [0, 0.05) is 23.3 Å². The van der Waals surface area contributed by atoms with Gasteiger partial charge in [-0.25, -0.2) is 22.2 Å². The predicted octanol–water partition coefficient (Wildman–Crippen LogP) is 5.83. The lowest BCUT2D eigenvalue weighted by molar-refractivity contribution is 0.0527. The molecule has 0 bridgehead atoms. The molecular formula is C32H37N3O7S2. The third-order valence-electron chi connectivity index (χ3n) is 8.16. The van der Waals surface area contributed by atoms with Crippen molar-refractivity contribution in [1.82, 2.24) is 8.96 Å². The van der Waals surface area contributed by atoms with Crippen LogP contribution in [0.5, 0.6) is 0 Å². The Morgan fingerprint density at radius 1 is 0.955 bits per heavy atom. The van der Waals surface area contributed by atoms with E-state index < -0.39 is 31.6 Å². The highest BCUT2D eigenvalue weighted by molar-refractivity contribution is 7.90. The van der Waals surface area contributed by atoms with Crippen LogP contribution in [-0.4, -0.2) is 50.5 Å². The van der Waals surface area contributed by atoms with E-state index >= 15 is 0 Å². The van der Waals surface area contributed by atoms with E-state index in [-0.39, 0.29) is 40.1 Å². The first kappa shape index (κ1) is 31.7. The van der Waals surface area contributed by atoms with Gasteiger partial charge in [0.25, 0.3) is 20.1 Å². The van der Waals surface area contributed by atoms with Crippen LogP contribution in [0.15, 0.2) is 76.8 Å². The van der Waals surface area contributed by atoms with E-state index in [9.17, 15) is 21.6 Å². The Labute approximate surface area is 258 Å². The lowest BCUT2D eigenvalue weighted by Gasteiger charge is -2.39. The minimum atomic E-state index is -3.95. The fourth-order valence-corrected chi connectivity index (χ4v) is 7.72. The molecule has 234 valence electrons. The smallest absolute Gasteiger partial charge is 0.341 e. The number of rotatable bonds is 10. The zero-order valence-electron chi connectivity index (χ0n) is 25.2. The van der Waals surface area contributed by atoms with Crippen LogP contribution in [0.2, 0.25) is 0 Å². The molecule has 4 aromatic rings. The van der Waals surface area contributed by atoms with Gasteiger partial charge in [-0.2, -0.15) is 8.42 Å². The Balaban J connectivity index is 1.38. The minimum Gasteiger partial charge on any atom is -0.462 e. The molecule has 0 unspecified atom stereocenters. The molecule has 0 radical (unpaired) electrons. The number of hydrogen-bond donors (Lipinski definition) is 1. The zero-order valence-corrected chi connectivity index (χ0v) is 26.9. The SMILES string of the molecule is CCOC(=O)c1cnc2c(ccn2S(=O)(=O)c2ccc(C)cc2)c1NC1(C)CCC(COS(=O)(=O)c2ccc(C)cc2)CC1. The Bertz CT molecular complexity index is 1870. The van der Waals surface area contributed by atoms with Gasteiger partial charge in [0.1, 0.15) is 5.56 Å². The van der Waals surface area contributed by atoms with E-state index in [4.69, 9.17) is 8.92 Å². The summed E-state index contributed by atoms with van der Waals surface area (Å²) in [7, 11) is -7.80. The van der Waals surface area contributed by atoms with Crippen molar-refractivity contribution < 1.29 is 30.6 Å². The van der Waals surface area contributed by atoms with Gasteiger partial charge in [-0.1, -0.05) is 35.4 Å². The fraction of sp³-hybridized carbons (Fsp3) is 0.375. The fourth-order valence-electron chi connectivity index (χ4n) is 5.45. The molecule has 2 heterocycles. The number of aryl methyl sites for hydroxylation is 2. The predicted molar refractivity (Wildman–Crippen MR) is 168 cm³/mol. The number of pyridine rings is 1. The van der Waals surface area contributed by atoms with Crippen molar-refractivity contribution in [1.29, 1.82) is 0 Å². The van der Waals surface area contributed by atoms with Gasteiger partial charge in [-0.3, -0.25) is 4.18 Å². The summed E-state index contributed by atoms with van der Waals surface area (Å²) in [6.45, 7) is 7.77. The lowest BCUT2D eigenvalue weighted by Crippen LogP contribution is -2.40. The summed E-state index contributed by atoms with van der Waals surface area (Å²) in [5, 5.41) is 4.01. The third-order valence-corrected chi connectivity index (χ3v) is 11.1. The van der Waals surface area contributed by atoms with Crippen molar-refractivity contribution in [2.45, 2.75) is 68.7 Å². The number of hydrogen-bond acceptors (Lipinski definition) is 9. The highest BCUT2D eigenvalue weighted by atomic mass is 32.2. The Morgan fingerprint density at radius 3 is 2.14 bits per heavy atom. The molecule has 5 rings (SSSR count). The highest BCUT2D eigenvalue weighted by Crippen LogP contribution is 2.39. The van der Waals surface area contributed by atoms with Crippen molar-refractivity contribution in [2.24, 2.45) is 5.92 Å². The average molecular weight is 640 g/mol. The second-order valence-corrected chi connectivity index (χ2v) is 15.0. The number of carbonyl (C=O) groups excluding carboxylic acids is 1. The third kappa shape index (κ3) is 6.52. The van der Waals surface area contributed by atoms with Crippen LogP contribution in [-0.2, 0) is 29.1 Å². The van der Waals surface area contributed by atoms with Gasteiger partial charge in [-0.05, 0) is 89.6 Å². The summed E-state index contributed by atoms with van der Waals surface area (Å²) < 4.78 is 64.3. The molecule has 2 aromatic heterocycles. The summed E-state index contributed by atoms with van der Waals surface area (Å²) in [6.07, 6.45) is 5.51. The van der Waals surface area contributed by atoms with E-state index in [1.165, 1.54) is 12.4 Å². The normalized spacial score (nSPS) is 19.1. The molecule has 1 aliphatic carbocycles. The summed E-state index contributed by atoms with van der Waals surface area (Å²) in [4.78, 5) is 17.6. The van der Waals surface area contributed by atoms with Crippen molar-refractivity contribution in [3.05, 3.63) is 83.7 Å². The average Bonchev–Trinajstić information content (AvgIpc) is 3.43. The number of benzene rings is 2. The molecule has 44 heavy (non-hydrogen) atoms. The topological polar surface area (TPSA) is 134 Å². The van der Waals surface area contributed by atoms with E-state index in [1.54, 1.807) is 61.5 Å². The Hall–Kier alpha value is -3.74. The van der Waals surface area contributed by atoms with Gasteiger partial charge in [-0.15, -0.1) is 0 Å². The van der Waals surface area contributed by atoms with Crippen molar-refractivity contribution in [3.8, 4) is 0 Å². The monoisotopic (exact) mass is 639 g/mol. The molecule has 1 saturated carbocycles. The second-order valence-electron chi connectivity index (χ2n) is 11.6. The number of nitrogens with one attached hydrogen (secondary N) is 1. The molecule has 2 aromatic carbocycles. The molecule has 0 aliphatic heterocycles. The van der Waals surface area contributed by atoms with Crippen LogP contribution in [0.4, 0.5) is 5.69 Å². The molecule has 0 atom stereocenters. The second kappa shape index (κ2) is 12.3. The maximum absolute atomic E-state index is 13.5. The summed E-state index contributed by atoms with van der Waals surface area (Å²) in [5.41, 5.74) is 2.27. The highest BCUT2D eigenvalue weighted by Gasteiger charge is 2.34. The first-order valence-electron chi connectivity index (χ1n) is 14.6. The van der Waals surface area contributed by atoms with Gasteiger partial charge in [0.2, 0.25) is 0 Å². The first-order valence-corrected chi connectivity index (χ1v) is 17.4. The molecule has 0 amide bonds. The Kier molecular flexibility index (Phi) is 8.88. The van der Waals surface area contributed by atoms with E-state index in [0.717, 1.165) is 15.1 Å². The first-order chi connectivity index (χ1) is 20.8. The molecule has 1 aliphatic rings. The van der Waals surface area contributed by atoms with Crippen LogP contribution in [0.1, 0.15) is 61.0 Å². The number of carbonyl (C=O) groups is 1. The van der Waals surface area contributed by atoms with Crippen LogP contribution in [0.3, 0.4) is 0 Å². The maximum atomic E-state index is 13.5. The molecular weight excluding hydrogens is 603 g/mol. The molecule has 12 heteroatoms. The van der Waals surface area contributed by atoms with Gasteiger partial charge in [0.05, 0.1) is 28.7 Å². The van der Waals surface area contributed by atoms with E-state index in [1.807, 2.05) is 20.8 Å². The number of esters is 1. The molecule has 1 fully saturated rings. The minimum absolute atomic E-state index is 0.0350. The number of ether oxygens (including phenoxy) is 1. The van der Waals surface area contributed by atoms with Crippen molar-refractivity contribution >= 4 is 42.8 Å². The van der Waals surface area contributed by atoms with Gasteiger partial charge < -0.3 is 10.1 Å². The molecule has 0 saturated heterocycles. The number of nitrogens with zero attached hydrogens (tertiary/aromatic N) is 2. The van der Waals surface area contributed by atoms with E-state index in [0.29, 0.717) is 36.8 Å². The standard InChI is InChI=1S/C32H37N3O7S2/c1-5-41-31(36)28-20-33-30-27(16-19-35(30)43(37,38)25-10-6-22(2)7-11-25)29(28)34-32(4)17-14-24(15-18-32)21-42-44(39,40)26-12-8-23(3)9-13-26/h6-13,16,19-20,24H,5,14-15,17-18,21H2,1-4H3,(H,33,34). The number of anilines is 1. The lowest BCUT2D eigenvalue weighted by atomic mass is 9.77. The molecule has 10 nitrogen and oxygen atoms in total. The quantitative estimate of drug-likeness (QED) is 0.168. The van der Waals surface area contributed by atoms with Crippen LogP contribution >= 0.6 is 0 Å². The largest absolute Gasteiger partial charge is 0.462 e. The number of fused-ring (bicyclic) bond motifs is 1.